The highest BCUT2D eigenvalue weighted by molar-refractivity contribution is 6.05. The van der Waals surface area contributed by atoms with E-state index < -0.39 is 18.0 Å². The molecular formula is C13H23N3O3. The Balaban J connectivity index is 2.54. The zero-order valence-electron chi connectivity index (χ0n) is 11.9. The van der Waals surface area contributed by atoms with E-state index in [-0.39, 0.29) is 12.3 Å². The van der Waals surface area contributed by atoms with Gasteiger partial charge < -0.3 is 10.2 Å². The van der Waals surface area contributed by atoms with E-state index in [2.05, 4.69) is 24.5 Å². The molecule has 0 radical (unpaired) electrons. The second kappa shape index (κ2) is 7.11. The average Bonchev–Trinajstić information content (AvgIpc) is 2.69. The lowest BCUT2D eigenvalue weighted by molar-refractivity contribution is -0.134. The van der Waals surface area contributed by atoms with Crippen molar-refractivity contribution in [1.82, 2.24) is 15.5 Å². The predicted molar refractivity (Wildman–Crippen MR) is 71.4 cm³/mol. The van der Waals surface area contributed by atoms with Crippen molar-refractivity contribution >= 4 is 17.8 Å². The fourth-order valence-corrected chi connectivity index (χ4v) is 2.17. The molecule has 1 saturated heterocycles. The Morgan fingerprint density at radius 3 is 2.32 bits per heavy atom. The Kier molecular flexibility index (Phi) is 5.79. The van der Waals surface area contributed by atoms with Crippen LogP contribution in [0, 0.1) is 5.92 Å². The minimum Gasteiger partial charge on any atom is -0.343 e. The van der Waals surface area contributed by atoms with Gasteiger partial charge in [0, 0.05) is 13.1 Å². The van der Waals surface area contributed by atoms with E-state index in [1.54, 1.807) is 4.90 Å². The maximum absolute atomic E-state index is 12.1. The van der Waals surface area contributed by atoms with Crippen molar-refractivity contribution in [1.29, 1.82) is 0 Å². The molecule has 1 fully saturated rings. The minimum atomic E-state index is -0.726. The minimum absolute atomic E-state index is 0.0333. The summed E-state index contributed by atoms with van der Waals surface area (Å²) < 4.78 is 0. The third-order valence-corrected chi connectivity index (χ3v) is 3.61. The fraction of sp³-hybridized carbons (Fsp3) is 0.769. The van der Waals surface area contributed by atoms with Crippen LogP contribution in [0.2, 0.25) is 0 Å². The molecule has 6 nitrogen and oxygen atoms in total. The second-order valence-electron chi connectivity index (χ2n) is 4.83. The molecule has 19 heavy (non-hydrogen) atoms. The number of amides is 4. The fourth-order valence-electron chi connectivity index (χ4n) is 2.17. The molecule has 0 aromatic rings. The van der Waals surface area contributed by atoms with Crippen LogP contribution in [0.3, 0.4) is 0 Å². The van der Waals surface area contributed by atoms with Gasteiger partial charge in [-0.25, -0.2) is 4.79 Å². The van der Waals surface area contributed by atoms with E-state index in [4.69, 9.17) is 0 Å². The predicted octanol–water partition coefficient (Wildman–Crippen LogP) is 0.869. The average molecular weight is 269 g/mol. The molecule has 2 N–H and O–H groups in total. The van der Waals surface area contributed by atoms with Crippen molar-refractivity contribution in [3.63, 3.8) is 0 Å². The van der Waals surface area contributed by atoms with Crippen LogP contribution in [0.1, 0.15) is 40.0 Å². The third-order valence-electron chi connectivity index (χ3n) is 3.61. The molecule has 1 atom stereocenters. The molecule has 0 spiro atoms. The molecule has 6 heteroatoms. The quantitative estimate of drug-likeness (QED) is 0.673. The summed E-state index contributed by atoms with van der Waals surface area (Å²) in [6, 6.07) is -1.25. The lowest BCUT2D eigenvalue weighted by atomic mass is 10.0. The van der Waals surface area contributed by atoms with Gasteiger partial charge in [-0.05, 0) is 12.8 Å². The van der Waals surface area contributed by atoms with Gasteiger partial charge in [-0.1, -0.05) is 26.7 Å². The molecule has 4 amide bonds. The van der Waals surface area contributed by atoms with Crippen LogP contribution in [-0.2, 0) is 9.59 Å². The van der Waals surface area contributed by atoms with Crippen LogP contribution in [0.25, 0.3) is 0 Å². The number of hydrogen-bond acceptors (Lipinski definition) is 3. The number of rotatable bonds is 7. The summed E-state index contributed by atoms with van der Waals surface area (Å²) in [7, 11) is 0. The van der Waals surface area contributed by atoms with Crippen molar-refractivity contribution in [2.24, 2.45) is 5.92 Å². The van der Waals surface area contributed by atoms with Gasteiger partial charge in [-0.15, -0.1) is 0 Å². The van der Waals surface area contributed by atoms with Crippen molar-refractivity contribution in [2.45, 2.75) is 46.1 Å². The maximum Gasteiger partial charge on any atom is 0.322 e. The molecule has 0 saturated carbocycles. The Morgan fingerprint density at radius 2 is 1.89 bits per heavy atom. The van der Waals surface area contributed by atoms with Crippen LogP contribution < -0.4 is 10.6 Å². The Morgan fingerprint density at radius 1 is 1.26 bits per heavy atom. The number of hydrogen-bond donors (Lipinski definition) is 2. The zero-order valence-corrected chi connectivity index (χ0v) is 11.9. The van der Waals surface area contributed by atoms with Crippen molar-refractivity contribution in [3.05, 3.63) is 0 Å². The van der Waals surface area contributed by atoms with Gasteiger partial charge in [-0.2, -0.15) is 0 Å². The van der Waals surface area contributed by atoms with Crippen LogP contribution in [0.15, 0.2) is 0 Å². The number of carbonyl (C=O) groups excluding carboxylic acids is 3. The first kappa shape index (κ1) is 15.5. The summed E-state index contributed by atoms with van der Waals surface area (Å²) in [5.41, 5.74) is 0. The van der Waals surface area contributed by atoms with Crippen LogP contribution in [0.5, 0.6) is 0 Å². The summed E-state index contributed by atoms with van der Waals surface area (Å²) in [6.45, 7) is 7.48. The van der Waals surface area contributed by atoms with E-state index in [1.165, 1.54) is 0 Å². The second-order valence-corrected chi connectivity index (χ2v) is 4.83. The van der Waals surface area contributed by atoms with Gasteiger partial charge in [0.15, 0.2) is 0 Å². The van der Waals surface area contributed by atoms with Crippen LogP contribution in [-0.4, -0.2) is 41.9 Å². The van der Waals surface area contributed by atoms with Crippen LogP contribution in [0.4, 0.5) is 4.79 Å². The number of nitrogens with zero attached hydrogens (tertiary/aromatic N) is 1. The molecule has 1 rings (SSSR count). The van der Waals surface area contributed by atoms with Gasteiger partial charge in [0.1, 0.15) is 6.04 Å². The highest BCUT2D eigenvalue weighted by Crippen LogP contribution is 2.12. The number of imide groups is 1. The number of nitrogens with one attached hydrogen (secondary N) is 2. The van der Waals surface area contributed by atoms with Gasteiger partial charge in [-0.3, -0.25) is 14.9 Å². The summed E-state index contributed by atoms with van der Waals surface area (Å²) in [5, 5.41) is 4.58. The summed E-state index contributed by atoms with van der Waals surface area (Å²) in [6.07, 6.45) is 2.09. The maximum atomic E-state index is 12.1. The molecule has 0 bridgehead atoms. The molecule has 0 aromatic heterocycles. The Hall–Kier alpha value is -1.59. The number of urea groups is 1. The molecule has 1 aliphatic heterocycles. The van der Waals surface area contributed by atoms with Gasteiger partial charge in [0.05, 0.1) is 6.42 Å². The third kappa shape index (κ3) is 4.22. The zero-order chi connectivity index (χ0) is 14.4. The molecule has 1 aliphatic rings. The van der Waals surface area contributed by atoms with Crippen LogP contribution >= 0.6 is 0 Å². The lowest BCUT2D eigenvalue weighted by Crippen LogP contribution is -2.40. The van der Waals surface area contributed by atoms with Gasteiger partial charge in [0.25, 0.3) is 5.91 Å². The molecule has 0 aliphatic carbocycles. The van der Waals surface area contributed by atoms with Crippen molar-refractivity contribution < 1.29 is 14.4 Å². The van der Waals surface area contributed by atoms with E-state index in [1.807, 2.05) is 6.92 Å². The monoisotopic (exact) mass is 269 g/mol. The molecular weight excluding hydrogens is 246 g/mol. The largest absolute Gasteiger partial charge is 0.343 e. The van der Waals surface area contributed by atoms with E-state index in [9.17, 15) is 14.4 Å². The summed E-state index contributed by atoms with van der Waals surface area (Å²) in [5.74, 6) is -0.0235. The number of carbonyl (C=O) groups is 3. The van der Waals surface area contributed by atoms with E-state index in [0.717, 1.165) is 12.8 Å². The topological polar surface area (TPSA) is 78.5 Å². The molecule has 1 heterocycles. The highest BCUT2D eigenvalue weighted by atomic mass is 16.2. The van der Waals surface area contributed by atoms with Gasteiger partial charge >= 0.3 is 6.03 Å². The standard InChI is InChI=1S/C13H23N3O3/c1-4-9(5-2)8-16(6-3)11(17)7-10-12(18)15-13(19)14-10/h9-10H,4-8H2,1-3H3,(H2,14,15,18,19)/t10-/m0/s1. The summed E-state index contributed by atoms with van der Waals surface area (Å²) >= 11 is 0. The normalized spacial score (nSPS) is 18.4. The van der Waals surface area contributed by atoms with Crippen molar-refractivity contribution in [3.8, 4) is 0 Å². The first-order valence-electron chi connectivity index (χ1n) is 6.90. The molecule has 0 aromatic carbocycles. The SMILES string of the molecule is CCC(CC)CN(CC)C(=O)C[C@@H]1NC(=O)NC1=O. The highest BCUT2D eigenvalue weighted by Gasteiger charge is 2.32. The van der Waals surface area contributed by atoms with E-state index in [0.29, 0.717) is 19.0 Å². The Bertz CT molecular complexity index is 353. The molecule has 0 unspecified atom stereocenters. The lowest BCUT2D eigenvalue weighted by Gasteiger charge is -2.26. The smallest absolute Gasteiger partial charge is 0.322 e. The first-order valence-corrected chi connectivity index (χ1v) is 6.90. The summed E-state index contributed by atoms with van der Waals surface area (Å²) in [4.78, 5) is 36.3. The van der Waals surface area contributed by atoms with Gasteiger partial charge in [0.2, 0.25) is 5.91 Å². The first-order chi connectivity index (χ1) is 9.01. The van der Waals surface area contributed by atoms with E-state index >= 15 is 0 Å². The Labute approximate surface area is 113 Å². The molecule has 108 valence electrons. The van der Waals surface area contributed by atoms with Crippen molar-refractivity contribution in [2.75, 3.05) is 13.1 Å².